The molecule has 0 saturated heterocycles. The van der Waals surface area contributed by atoms with Crippen LogP contribution in [-0.2, 0) is 16.6 Å². The van der Waals surface area contributed by atoms with Crippen molar-refractivity contribution in [2.24, 2.45) is 0 Å². The van der Waals surface area contributed by atoms with Gasteiger partial charge in [-0.05, 0) is 37.1 Å². The van der Waals surface area contributed by atoms with Crippen molar-refractivity contribution in [1.29, 1.82) is 0 Å². The second-order valence-electron chi connectivity index (χ2n) is 5.03. The highest BCUT2D eigenvalue weighted by molar-refractivity contribution is 7.89. The van der Waals surface area contributed by atoms with Gasteiger partial charge in [0.25, 0.3) is 0 Å². The number of benzene rings is 1. The second-order valence-corrected chi connectivity index (χ2v) is 6.94. The Balaban J connectivity index is 3.18. The summed E-state index contributed by atoms with van der Waals surface area (Å²) in [5, 5.41) is 3.22. The quantitative estimate of drug-likeness (QED) is 0.713. The Morgan fingerprint density at radius 1 is 1.33 bits per heavy atom. The highest BCUT2D eigenvalue weighted by Crippen LogP contribution is 2.21. The highest BCUT2D eigenvalue weighted by atomic mass is 32.2. The summed E-state index contributed by atoms with van der Waals surface area (Å²) >= 11 is 0. The van der Waals surface area contributed by atoms with E-state index in [0.29, 0.717) is 24.5 Å². The van der Waals surface area contributed by atoms with E-state index in [1.54, 1.807) is 12.1 Å². The maximum atomic E-state index is 12.8. The van der Waals surface area contributed by atoms with Crippen LogP contribution in [0.3, 0.4) is 0 Å². The number of sulfonamides is 1. The van der Waals surface area contributed by atoms with Gasteiger partial charge in [0, 0.05) is 19.6 Å². The smallest absolute Gasteiger partial charge is 0.243 e. The number of aryl methyl sites for hydroxylation is 1. The van der Waals surface area contributed by atoms with Crippen molar-refractivity contribution in [3.05, 3.63) is 42.0 Å². The van der Waals surface area contributed by atoms with Gasteiger partial charge in [-0.1, -0.05) is 32.1 Å². The summed E-state index contributed by atoms with van der Waals surface area (Å²) in [6.45, 7) is 11.9. The second kappa shape index (κ2) is 8.32. The Labute approximate surface area is 128 Å². The van der Waals surface area contributed by atoms with Gasteiger partial charge < -0.3 is 5.32 Å². The molecule has 1 aromatic carbocycles. The van der Waals surface area contributed by atoms with E-state index in [9.17, 15) is 8.42 Å². The lowest BCUT2D eigenvalue weighted by Gasteiger charge is -2.21. The SMILES string of the molecule is C=CCN(CCC)S(=O)(=O)c1cc(CNCC)ccc1C. The summed E-state index contributed by atoms with van der Waals surface area (Å²) < 4.78 is 27.1. The first-order valence-electron chi connectivity index (χ1n) is 7.38. The molecular formula is C16H26N2O2S. The molecule has 0 bridgehead atoms. The first-order valence-corrected chi connectivity index (χ1v) is 8.82. The van der Waals surface area contributed by atoms with Gasteiger partial charge in [0.05, 0.1) is 4.90 Å². The van der Waals surface area contributed by atoms with Crippen molar-refractivity contribution >= 4 is 10.0 Å². The third-order valence-corrected chi connectivity index (χ3v) is 5.26. The first-order chi connectivity index (χ1) is 9.97. The van der Waals surface area contributed by atoms with Crippen LogP contribution in [0.5, 0.6) is 0 Å². The summed E-state index contributed by atoms with van der Waals surface area (Å²) in [6, 6.07) is 5.62. The molecule has 0 saturated carbocycles. The van der Waals surface area contributed by atoms with Crippen LogP contribution in [0.4, 0.5) is 0 Å². The Hall–Kier alpha value is -1.17. The number of rotatable bonds is 9. The van der Waals surface area contributed by atoms with E-state index >= 15 is 0 Å². The molecule has 0 aliphatic carbocycles. The van der Waals surface area contributed by atoms with Gasteiger partial charge in [0.2, 0.25) is 10.0 Å². The average molecular weight is 310 g/mol. The predicted octanol–water partition coefficient (Wildman–Crippen LogP) is 2.69. The van der Waals surface area contributed by atoms with Crippen LogP contribution in [0.1, 0.15) is 31.4 Å². The normalized spacial score (nSPS) is 11.8. The molecule has 0 radical (unpaired) electrons. The van der Waals surface area contributed by atoms with E-state index in [4.69, 9.17) is 0 Å². The van der Waals surface area contributed by atoms with Gasteiger partial charge in [0.15, 0.2) is 0 Å². The van der Waals surface area contributed by atoms with E-state index in [2.05, 4.69) is 11.9 Å². The molecular weight excluding hydrogens is 284 g/mol. The van der Waals surface area contributed by atoms with Crippen molar-refractivity contribution in [2.45, 2.75) is 38.6 Å². The third kappa shape index (κ3) is 4.66. The van der Waals surface area contributed by atoms with E-state index in [1.807, 2.05) is 32.9 Å². The molecule has 0 unspecified atom stereocenters. The fourth-order valence-corrected chi connectivity index (χ4v) is 3.92. The Kier molecular flexibility index (Phi) is 7.08. The van der Waals surface area contributed by atoms with Crippen molar-refractivity contribution in [2.75, 3.05) is 19.6 Å². The van der Waals surface area contributed by atoms with Crippen LogP contribution >= 0.6 is 0 Å². The summed E-state index contributed by atoms with van der Waals surface area (Å²) in [4.78, 5) is 0.396. The molecule has 0 spiro atoms. The summed E-state index contributed by atoms with van der Waals surface area (Å²) in [5.41, 5.74) is 1.76. The van der Waals surface area contributed by atoms with Gasteiger partial charge in [-0.25, -0.2) is 8.42 Å². The van der Waals surface area contributed by atoms with Crippen LogP contribution < -0.4 is 5.32 Å². The van der Waals surface area contributed by atoms with Crippen LogP contribution in [-0.4, -0.2) is 32.4 Å². The average Bonchev–Trinajstić information content (AvgIpc) is 2.46. The molecule has 0 amide bonds. The Bertz CT molecular complexity index is 568. The number of nitrogens with zero attached hydrogens (tertiary/aromatic N) is 1. The van der Waals surface area contributed by atoms with Gasteiger partial charge in [0.1, 0.15) is 0 Å². The van der Waals surface area contributed by atoms with E-state index < -0.39 is 10.0 Å². The van der Waals surface area contributed by atoms with E-state index in [0.717, 1.165) is 24.1 Å². The molecule has 21 heavy (non-hydrogen) atoms. The number of hydrogen-bond acceptors (Lipinski definition) is 3. The summed E-state index contributed by atoms with van der Waals surface area (Å²) in [7, 11) is -3.47. The zero-order valence-corrected chi connectivity index (χ0v) is 14.0. The van der Waals surface area contributed by atoms with Crippen molar-refractivity contribution in [1.82, 2.24) is 9.62 Å². The zero-order chi connectivity index (χ0) is 15.9. The molecule has 0 aliphatic heterocycles. The standard InChI is InChI=1S/C16H26N2O2S/c1-5-10-18(11-6-2)21(19,20)16-12-15(13-17-7-3)9-8-14(16)4/h5,8-9,12,17H,1,6-7,10-11,13H2,2-4H3. The fraction of sp³-hybridized carbons (Fsp3) is 0.500. The van der Waals surface area contributed by atoms with Crippen LogP contribution in [0, 0.1) is 6.92 Å². The molecule has 5 heteroatoms. The largest absolute Gasteiger partial charge is 0.313 e. The Morgan fingerprint density at radius 3 is 2.62 bits per heavy atom. The number of nitrogens with one attached hydrogen (secondary N) is 1. The molecule has 0 aliphatic rings. The van der Waals surface area contributed by atoms with Gasteiger partial charge in [-0.2, -0.15) is 4.31 Å². The summed E-state index contributed by atoms with van der Waals surface area (Å²) in [5.74, 6) is 0. The lowest BCUT2D eigenvalue weighted by Crippen LogP contribution is -2.32. The topological polar surface area (TPSA) is 49.4 Å². The van der Waals surface area contributed by atoms with Crippen molar-refractivity contribution in [3.63, 3.8) is 0 Å². The molecule has 1 N–H and O–H groups in total. The molecule has 0 aromatic heterocycles. The molecule has 0 heterocycles. The maximum absolute atomic E-state index is 12.8. The minimum absolute atomic E-state index is 0.340. The lowest BCUT2D eigenvalue weighted by molar-refractivity contribution is 0.441. The molecule has 4 nitrogen and oxygen atoms in total. The molecule has 0 atom stereocenters. The Morgan fingerprint density at radius 2 is 2.05 bits per heavy atom. The van der Waals surface area contributed by atoms with Gasteiger partial charge >= 0.3 is 0 Å². The summed E-state index contributed by atoms with van der Waals surface area (Å²) in [6.07, 6.45) is 2.41. The molecule has 0 fully saturated rings. The van der Waals surface area contributed by atoms with E-state index in [-0.39, 0.29) is 0 Å². The molecule has 118 valence electrons. The maximum Gasteiger partial charge on any atom is 0.243 e. The number of hydrogen-bond donors (Lipinski definition) is 1. The third-order valence-electron chi connectivity index (χ3n) is 3.26. The predicted molar refractivity (Wildman–Crippen MR) is 87.8 cm³/mol. The van der Waals surface area contributed by atoms with E-state index in [1.165, 1.54) is 4.31 Å². The fourth-order valence-electron chi connectivity index (χ4n) is 2.14. The minimum atomic E-state index is -3.47. The monoisotopic (exact) mass is 310 g/mol. The van der Waals surface area contributed by atoms with Crippen molar-refractivity contribution < 1.29 is 8.42 Å². The minimum Gasteiger partial charge on any atom is -0.313 e. The molecule has 1 aromatic rings. The highest BCUT2D eigenvalue weighted by Gasteiger charge is 2.24. The molecule has 1 rings (SSSR count). The van der Waals surface area contributed by atoms with Crippen LogP contribution in [0.15, 0.2) is 35.7 Å². The first kappa shape index (κ1) is 17.9. The van der Waals surface area contributed by atoms with Crippen LogP contribution in [0.2, 0.25) is 0 Å². The van der Waals surface area contributed by atoms with Gasteiger partial charge in [-0.3, -0.25) is 0 Å². The zero-order valence-electron chi connectivity index (χ0n) is 13.2. The van der Waals surface area contributed by atoms with Crippen molar-refractivity contribution in [3.8, 4) is 0 Å². The van der Waals surface area contributed by atoms with Crippen LogP contribution in [0.25, 0.3) is 0 Å². The lowest BCUT2D eigenvalue weighted by atomic mass is 10.1. The van der Waals surface area contributed by atoms with Gasteiger partial charge in [-0.15, -0.1) is 6.58 Å².